The molecule has 3 N–H and O–H groups in total. The van der Waals surface area contributed by atoms with Crippen molar-refractivity contribution in [2.24, 2.45) is 0 Å². The van der Waals surface area contributed by atoms with Crippen molar-refractivity contribution < 1.29 is 29.6 Å². The summed E-state index contributed by atoms with van der Waals surface area (Å²) in [7, 11) is 0. The van der Waals surface area contributed by atoms with Gasteiger partial charge in [-0.3, -0.25) is 4.90 Å². The fourth-order valence-corrected chi connectivity index (χ4v) is 4.29. The van der Waals surface area contributed by atoms with E-state index >= 15 is 0 Å². The second kappa shape index (κ2) is 12.3. The van der Waals surface area contributed by atoms with E-state index in [-0.39, 0.29) is 6.61 Å². The highest BCUT2D eigenvalue weighted by atomic mass is 16.5. The number of aliphatic hydroxyl groups excluding tert-OH is 1. The SMILES string of the molecule is Cc1ccc2c(c1)C(N1CCN(CCCO)CC1)Cc1ccccc1O2.O=C(O)/C=C\C(=O)O. The Bertz CT molecular complexity index is 998. The van der Waals surface area contributed by atoms with Crippen molar-refractivity contribution in [3.63, 3.8) is 0 Å². The van der Waals surface area contributed by atoms with Crippen LogP contribution in [0.5, 0.6) is 11.5 Å². The van der Waals surface area contributed by atoms with Crippen molar-refractivity contribution in [1.82, 2.24) is 9.80 Å². The Labute approximate surface area is 199 Å². The van der Waals surface area contributed by atoms with Gasteiger partial charge in [0.15, 0.2) is 0 Å². The van der Waals surface area contributed by atoms with E-state index in [0.29, 0.717) is 18.2 Å². The molecular weight excluding hydrogens is 436 g/mol. The minimum Gasteiger partial charge on any atom is -0.478 e. The number of ether oxygens (including phenoxy) is 1. The average molecular weight is 469 g/mol. The lowest BCUT2D eigenvalue weighted by Crippen LogP contribution is -2.48. The predicted octanol–water partition coefficient (Wildman–Crippen LogP) is 3.10. The molecule has 2 aromatic rings. The normalized spacial score (nSPS) is 18.1. The Balaban J connectivity index is 0.000000350. The summed E-state index contributed by atoms with van der Waals surface area (Å²) >= 11 is 0. The lowest BCUT2D eigenvalue weighted by Gasteiger charge is -2.39. The molecule has 2 aliphatic rings. The number of hydrogen-bond donors (Lipinski definition) is 3. The molecule has 2 aromatic carbocycles. The number of hydrogen-bond acceptors (Lipinski definition) is 6. The lowest BCUT2D eigenvalue weighted by molar-refractivity contribution is -0.134. The van der Waals surface area contributed by atoms with Crippen molar-refractivity contribution >= 4 is 11.9 Å². The summed E-state index contributed by atoms with van der Waals surface area (Å²) in [6, 6.07) is 15.3. The highest BCUT2D eigenvalue weighted by Gasteiger charge is 2.30. The summed E-state index contributed by atoms with van der Waals surface area (Å²) in [4.78, 5) is 24.2. The van der Waals surface area contributed by atoms with E-state index in [0.717, 1.165) is 57.1 Å². The second-order valence-electron chi connectivity index (χ2n) is 8.44. The number of carbonyl (C=O) groups is 2. The van der Waals surface area contributed by atoms with Crippen LogP contribution < -0.4 is 4.74 Å². The van der Waals surface area contributed by atoms with Crippen LogP contribution in [0, 0.1) is 6.92 Å². The van der Waals surface area contributed by atoms with Crippen molar-refractivity contribution in [2.75, 3.05) is 39.3 Å². The first-order valence-electron chi connectivity index (χ1n) is 11.4. The lowest BCUT2D eigenvalue weighted by atomic mass is 9.95. The van der Waals surface area contributed by atoms with Gasteiger partial charge in [-0.2, -0.15) is 0 Å². The standard InChI is InChI=1S/C22H28N2O2.C4H4O4/c1-17-7-8-22-19(15-17)20(16-18-5-2-3-6-21(18)26-22)24-12-10-23(11-13-24)9-4-14-25;5-3(6)1-2-4(7)8/h2-3,5-8,15,20,25H,4,9-14,16H2,1H3;1-2H,(H,5,6)(H,7,8)/b;2-1-. The zero-order chi connectivity index (χ0) is 24.5. The van der Waals surface area contributed by atoms with Crippen molar-refractivity contribution in [2.45, 2.75) is 25.8 Å². The maximum absolute atomic E-state index is 9.55. The molecule has 34 heavy (non-hydrogen) atoms. The number of rotatable bonds is 6. The molecule has 4 rings (SSSR count). The highest BCUT2D eigenvalue weighted by molar-refractivity contribution is 5.89. The Kier molecular flexibility index (Phi) is 9.21. The second-order valence-corrected chi connectivity index (χ2v) is 8.44. The van der Waals surface area contributed by atoms with Gasteiger partial charge in [-0.1, -0.05) is 35.9 Å². The van der Waals surface area contributed by atoms with Gasteiger partial charge in [0.25, 0.3) is 0 Å². The number of para-hydroxylation sites is 1. The number of fused-ring (bicyclic) bond motifs is 2. The van der Waals surface area contributed by atoms with Crippen LogP contribution in [0.1, 0.15) is 29.2 Å². The van der Waals surface area contributed by atoms with Gasteiger partial charge in [0.2, 0.25) is 0 Å². The molecule has 2 aliphatic heterocycles. The molecule has 1 saturated heterocycles. The molecule has 1 fully saturated rings. The highest BCUT2D eigenvalue weighted by Crippen LogP contribution is 2.41. The Morgan fingerprint density at radius 3 is 2.32 bits per heavy atom. The monoisotopic (exact) mass is 468 g/mol. The fourth-order valence-electron chi connectivity index (χ4n) is 4.29. The van der Waals surface area contributed by atoms with Gasteiger partial charge in [0, 0.05) is 63.1 Å². The van der Waals surface area contributed by atoms with Crippen LogP contribution in [-0.4, -0.2) is 76.4 Å². The van der Waals surface area contributed by atoms with Gasteiger partial charge in [0.05, 0.1) is 0 Å². The maximum atomic E-state index is 9.55. The molecule has 0 spiro atoms. The molecule has 2 heterocycles. The molecule has 8 nitrogen and oxygen atoms in total. The van der Waals surface area contributed by atoms with Crippen LogP contribution in [-0.2, 0) is 16.0 Å². The van der Waals surface area contributed by atoms with Crippen LogP contribution in [0.4, 0.5) is 0 Å². The number of nitrogens with zero attached hydrogens (tertiary/aromatic N) is 2. The van der Waals surface area contributed by atoms with Gasteiger partial charge in [-0.05, 0) is 37.5 Å². The summed E-state index contributed by atoms with van der Waals surface area (Å²) in [5, 5.41) is 24.7. The van der Waals surface area contributed by atoms with Crippen LogP contribution in [0.2, 0.25) is 0 Å². The summed E-state index contributed by atoms with van der Waals surface area (Å²) < 4.78 is 6.29. The molecule has 0 saturated carbocycles. The van der Waals surface area contributed by atoms with E-state index in [4.69, 9.17) is 20.1 Å². The number of piperazine rings is 1. The zero-order valence-electron chi connectivity index (χ0n) is 19.4. The number of aryl methyl sites for hydroxylation is 1. The Hall–Kier alpha value is -3.20. The van der Waals surface area contributed by atoms with Crippen LogP contribution in [0.3, 0.4) is 0 Å². The first-order valence-corrected chi connectivity index (χ1v) is 11.4. The molecule has 0 bridgehead atoms. The third-order valence-corrected chi connectivity index (χ3v) is 5.98. The largest absolute Gasteiger partial charge is 0.478 e. The topological polar surface area (TPSA) is 111 Å². The Morgan fingerprint density at radius 1 is 1.00 bits per heavy atom. The van der Waals surface area contributed by atoms with Crippen LogP contribution >= 0.6 is 0 Å². The van der Waals surface area contributed by atoms with E-state index in [2.05, 4.69) is 53.1 Å². The van der Waals surface area contributed by atoms with E-state index in [1.54, 1.807) is 0 Å². The first kappa shape index (κ1) is 25.4. The van der Waals surface area contributed by atoms with Crippen molar-refractivity contribution in [1.29, 1.82) is 0 Å². The number of aliphatic carboxylic acids is 2. The maximum Gasteiger partial charge on any atom is 0.328 e. The quantitative estimate of drug-likeness (QED) is 0.555. The van der Waals surface area contributed by atoms with Gasteiger partial charge in [-0.15, -0.1) is 0 Å². The number of carboxylic acid groups (broad SMARTS) is 2. The molecule has 8 heteroatoms. The van der Waals surface area contributed by atoms with Gasteiger partial charge in [-0.25, -0.2) is 9.59 Å². The van der Waals surface area contributed by atoms with Crippen molar-refractivity contribution in [3.05, 3.63) is 71.3 Å². The summed E-state index contributed by atoms with van der Waals surface area (Å²) in [5.74, 6) is -0.533. The third kappa shape index (κ3) is 7.15. The number of carboxylic acids is 2. The van der Waals surface area contributed by atoms with Gasteiger partial charge in [0.1, 0.15) is 11.5 Å². The number of benzene rings is 2. The van der Waals surface area contributed by atoms with Gasteiger partial charge >= 0.3 is 11.9 Å². The first-order chi connectivity index (χ1) is 16.4. The molecule has 182 valence electrons. The van der Waals surface area contributed by atoms with E-state index in [1.165, 1.54) is 16.7 Å². The van der Waals surface area contributed by atoms with Crippen LogP contribution in [0.15, 0.2) is 54.6 Å². The number of aliphatic hydroxyl groups is 1. The predicted molar refractivity (Wildman–Crippen MR) is 128 cm³/mol. The minimum atomic E-state index is -1.26. The molecular formula is C26H32N2O6. The zero-order valence-corrected chi connectivity index (χ0v) is 19.4. The summed E-state index contributed by atoms with van der Waals surface area (Å²) in [6.07, 6.45) is 2.97. The fraction of sp³-hybridized carbons (Fsp3) is 0.385. The summed E-state index contributed by atoms with van der Waals surface area (Å²) in [6.45, 7) is 7.69. The molecule has 0 aromatic heterocycles. The molecule has 0 amide bonds. The molecule has 0 radical (unpaired) electrons. The van der Waals surface area contributed by atoms with Crippen molar-refractivity contribution in [3.8, 4) is 11.5 Å². The smallest absolute Gasteiger partial charge is 0.328 e. The average Bonchev–Trinajstić information content (AvgIpc) is 2.99. The molecule has 1 atom stereocenters. The van der Waals surface area contributed by atoms with Gasteiger partial charge < -0.3 is 25.0 Å². The van der Waals surface area contributed by atoms with Crippen LogP contribution in [0.25, 0.3) is 0 Å². The third-order valence-electron chi connectivity index (χ3n) is 5.98. The Morgan fingerprint density at radius 2 is 1.68 bits per heavy atom. The minimum absolute atomic E-state index is 0.281. The van der Waals surface area contributed by atoms with E-state index in [1.807, 2.05) is 6.07 Å². The molecule has 1 unspecified atom stereocenters. The van der Waals surface area contributed by atoms with E-state index < -0.39 is 11.9 Å². The molecule has 0 aliphatic carbocycles. The van der Waals surface area contributed by atoms with E-state index in [9.17, 15) is 9.59 Å². The summed E-state index contributed by atoms with van der Waals surface area (Å²) in [5.41, 5.74) is 3.88.